The van der Waals surface area contributed by atoms with E-state index in [2.05, 4.69) is 28.2 Å². The van der Waals surface area contributed by atoms with Crippen LogP contribution in [0.25, 0.3) is 0 Å². The highest BCUT2D eigenvalue weighted by molar-refractivity contribution is 9.10. The average Bonchev–Trinajstić information content (AvgIpc) is 2.09. The van der Waals surface area contributed by atoms with Crippen LogP contribution in [0.3, 0.4) is 0 Å². The van der Waals surface area contributed by atoms with Crippen LogP contribution in [-0.2, 0) is 0 Å². The van der Waals surface area contributed by atoms with E-state index in [1.807, 2.05) is 0 Å². The Morgan fingerprint density at radius 3 is 2.79 bits per heavy atom. The predicted octanol–water partition coefficient (Wildman–Crippen LogP) is 3.38. The van der Waals surface area contributed by atoms with Gasteiger partial charge in [0.15, 0.2) is 0 Å². The van der Waals surface area contributed by atoms with Gasteiger partial charge in [-0.2, -0.15) is 0 Å². The second kappa shape index (κ2) is 5.20. The van der Waals surface area contributed by atoms with E-state index < -0.39 is 0 Å². The van der Waals surface area contributed by atoms with Crippen LogP contribution in [0.2, 0.25) is 0 Å². The van der Waals surface area contributed by atoms with E-state index in [0.717, 1.165) is 19.4 Å². The van der Waals surface area contributed by atoms with E-state index in [1.54, 1.807) is 6.07 Å². The standard InChI is InChI=1S/C10H14BrFN2/c1-2-3-4-14-10-8(12)5-7(11)6-9(10)13/h5-6,14H,2-4,13H2,1H3. The number of hydrogen-bond donors (Lipinski definition) is 2. The number of rotatable bonds is 4. The van der Waals surface area contributed by atoms with Gasteiger partial charge < -0.3 is 11.1 Å². The van der Waals surface area contributed by atoms with Gasteiger partial charge >= 0.3 is 0 Å². The lowest BCUT2D eigenvalue weighted by Crippen LogP contribution is -2.06. The zero-order chi connectivity index (χ0) is 10.6. The quantitative estimate of drug-likeness (QED) is 0.644. The van der Waals surface area contributed by atoms with Gasteiger partial charge in [-0.3, -0.25) is 0 Å². The lowest BCUT2D eigenvalue weighted by atomic mass is 10.2. The third-order valence-electron chi connectivity index (χ3n) is 1.92. The number of hydrogen-bond acceptors (Lipinski definition) is 2. The van der Waals surface area contributed by atoms with Gasteiger partial charge in [-0.05, 0) is 18.6 Å². The van der Waals surface area contributed by atoms with E-state index in [-0.39, 0.29) is 5.82 Å². The molecule has 14 heavy (non-hydrogen) atoms. The molecule has 2 nitrogen and oxygen atoms in total. The van der Waals surface area contributed by atoms with Gasteiger partial charge in [-0.15, -0.1) is 0 Å². The van der Waals surface area contributed by atoms with E-state index >= 15 is 0 Å². The molecule has 0 fully saturated rings. The number of unbranched alkanes of at least 4 members (excludes halogenated alkanes) is 1. The van der Waals surface area contributed by atoms with Crippen LogP contribution in [-0.4, -0.2) is 6.54 Å². The van der Waals surface area contributed by atoms with Gasteiger partial charge in [0.2, 0.25) is 0 Å². The summed E-state index contributed by atoms with van der Waals surface area (Å²) in [5.74, 6) is -0.312. The van der Waals surface area contributed by atoms with Crippen molar-refractivity contribution in [2.75, 3.05) is 17.6 Å². The van der Waals surface area contributed by atoms with E-state index in [1.165, 1.54) is 6.07 Å². The maximum atomic E-state index is 13.4. The molecule has 1 aromatic rings. The van der Waals surface area contributed by atoms with E-state index in [4.69, 9.17) is 5.73 Å². The molecule has 0 aliphatic heterocycles. The van der Waals surface area contributed by atoms with Crippen LogP contribution < -0.4 is 11.1 Å². The van der Waals surface area contributed by atoms with Crippen molar-refractivity contribution in [3.8, 4) is 0 Å². The SMILES string of the molecule is CCCCNc1c(N)cc(Br)cc1F. The lowest BCUT2D eigenvalue weighted by Gasteiger charge is -2.10. The van der Waals surface area contributed by atoms with Crippen molar-refractivity contribution >= 4 is 27.3 Å². The third-order valence-corrected chi connectivity index (χ3v) is 2.38. The third kappa shape index (κ3) is 2.87. The monoisotopic (exact) mass is 260 g/mol. The Balaban J connectivity index is 2.75. The molecule has 1 rings (SSSR count). The second-order valence-corrected chi connectivity index (χ2v) is 4.05. The van der Waals surface area contributed by atoms with Crippen LogP contribution in [0.5, 0.6) is 0 Å². The Kier molecular flexibility index (Phi) is 4.20. The number of nitrogens with two attached hydrogens (primary N) is 1. The summed E-state index contributed by atoms with van der Waals surface area (Å²) in [5, 5.41) is 2.99. The maximum Gasteiger partial charge on any atom is 0.149 e. The van der Waals surface area contributed by atoms with Crippen LogP contribution >= 0.6 is 15.9 Å². The first-order valence-electron chi connectivity index (χ1n) is 4.63. The summed E-state index contributed by atoms with van der Waals surface area (Å²) >= 11 is 3.18. The van der Waals surface area contributed by atoms with Gasteiger partial charge in [0.05, 0.1) is 11.4 Å². The Bertz CT molecular complexity index is 292. The molecule has 0 bridgehead atoms. The summed E-state index contributed by atoms with van der Waals surface area (Å²) in [6, 6.07) is 3.10. The molecule has 4 heteroatoms. The Morgan fingerprint density at radius 2 is 2.21 bits per heavy atom. The van der Waals surface area contributed by atoms with Crippen molar-refractivity contribution in [3.05, 3.63) is 22.4 Å². The zero-order valence-electron chi connectivity index (χ0n) is 8.11. The van der Waals surface area contributed by atoms with E-state index in [9.17, 15) is 4.39 Å². The van der Waals surface area contributed by atoms with Crippen LogP contribution in [0.4, 0.5) is 15.8 Å². The Hall–Kier alpha value is -0.770. The largest absolute Gasteiger partial charge is 0.397 e. The number of nitrogen functional groups attached to an aromatic ring is 1. The van der Waals surface area contributed by atoms with Gasteiger partial charge in [-0.1, -0.05) is 29.3 Å². The summed E-state index contributed by atoms with van der Waals surface area (Å²) < 4.78 is 14.0. The number of halogens is 2. The number of nitrogens with one attached hydrogen (secondary N) is 1. The van der Waals surface area contributed by atoms with Crippen molar-refractivity contribution in [2.24, 2.45) is 0 Å². The summed E-state index contributed by atoms with van der Waals surface area (Å²) in [5.41, 5.74) is 6.51. The first-order valence-corrected chi connectivity index (χ1v) is 5.42. The predicted molar refractivity (Wildman–Crippen MR) is 61.9 cm³/mol. The van der Waals surface area contributed by atoms with Gasteiger partial charge in [0, 0.05) is 11.0 Å². The Labute approximate surface area is 91.8 Å². The highest BCUT2D eigenvalue weighted by Crippen LogP contribution is 2.26. The highest BCUT2D eigenvalue weighted by Gasteiger charge is 2.06. The highest BCUT2D eigenvalue weighted by atomic mass is 79.9. The summed E-state index contributed by atoms with van der Waals surface area (Å²) in [7, 11) is 0. The zero-order valence-corrected chi connectivity index (χ0v) is 9.70. The maximum absolute atomic E-state index is 13.4. The van der Waals surface area contributed by atoms with Crippen molar-refractivity contribution in [1.82, 2.24) is 0 Å². The minimum Gasteiger partial charge on any atom is -0.397 e. The molecule has 0 amide bonds. The molecule has 0 unspecified atom stereocenters. The molecular formula is C10H14BrFN2. The molecule has 0 aliphatic rings. The van der Waals surface area contributed by atoms with Crippen molar-refractivity contribution in [3.63, 3.8) is 0 Å². The fourth-order valence-electron chi connectivity index (χ4n) is 1.17. The van der Waals surface area contributed by atoms with E-state index in [0.29, 0.717) is 15.8 Å². The average molecular weight is 261 g/mol. The van der Waals surface area contributed by atoms with Crippen LogP contribution in [0, 0.1) is 5.82 Å². The molecular weight excluding hydrogens is 247 g/mol. The molecule has 3 N–H and O–H groups in total. The minimum atomic E-state index is -0.312. The van der Waals surface area contributed by atoms with Gasteiger partial charge in [0.25, 0.3) is 0 Å². The minimum absolute atomic E-state index is 0.312. The normalized spacial score (nSPS) is 10.2. The second-order valence-electron chi connectivity index (χ2n) is 3.13. The Morgan fingerprint density at radius 1 is 1.50 bits per heavy atom. The van der Waals surface area contributed by atoms with Crippen LogP contribution in [0.1, 0.15) is 19.8 Å². The fraction of sp³-hybridized carbons (Fsp3) is 0.400. The lowest BCUT2D eigenvalue weighted by molar-refractivity contribution is 0.629. The van der Waals surface area contributed by atoms with Crippen LogP contribution in [0.15, 0.2) is 16.6 Å². The number of benzene rings is 1. The van der Waals surface area contributed by atoms with Gasteiger partial charge in [-0.25, -0.2) is 4.39 Å². The summed E-state index contributed by atoms with van der Waals surface area (Å²) in [6.07, 6.45) is 2.08. The summed E-state index contributed by atoms with van der Waals surface area (Å²) in [4.78, 5) is 0. The molecule has 0 spiro atoms. The molecule has 1 aromatic carbocycles. The smallest absolute Gasteiger partial charge is 0.149 e. The van der Waals surface area contributed by atoms with Gasteiger partial charge in [0.1, 0.15) is 5.82 Å². The molecule has 0 radical (unpaired) electrons. The topological polar surface area (TPSA) is 38.0 Å². The molecule has 0 saturated carbocycles. The molecule has 0 saturated heterocycles. The molecule has 78 valence electrons. The molecule has 0 aromatic heterocycles. The molecule has 0 aliphatic carbocycles. The fourth-order valence-corrected chi connectivity index (χ4v) is 1.62. The van der Waals surface area contributed by atoms with Crippen molar-refractivity contribution < 1.29 is 4.39 Å². The van der Waals surface area contributed by atoms with Crippen molar-refractivity contribution in [2.45, 2.75) is 19.8 Å². The molecule has 0 atom stereocenters. The first-order chi connectivity index (χ1) is 6.65. The summed E-state index contributed by atoms with van der Waals surface area (Å²) in [6.45, 7) is 2.84. The van der Waals surface area contributed by atoms with Crippen molar-refractivity contribution in [1.29, 1.82) is 0 Å². The molecule has 0 heterocycles. The number of anilines is 2. The first kappa shape index (κ1) is 11.3.